The topological polar surface area (TPSA) is 29.5 Å². The zero-order chi connectivity index (χ0) is 14.1. The average molecular weight is 266 g/mol. The second kappa shape index (κ2) is 5.22. The molecule has 19 heavy (non-hydrogen) atoms. The zero-order valence-corrected chi connectivity index (χ0v) is 12.0. The van der Waals surface area contributed by atoms with Crippen molar-refractivity contribution >= 4 is 0 Å². The van der Waals surface area contributed by atoms with E-state index >= 15 is 0 Å². The van der Waals surface area contributed by atoms with E-state index in [9.17, 15) is 9.50 Å². The van der Waals surface area contributed by atoms with E-state index in [0.717, 1.165) is 17.5 Å². The fraction of sp³-hybridized carbons (Fsp3) is 0.625. The summed E-state index contributed by atoms with van der Waals surface area (Å²) in [6, 6.07) is 4.77. The van der Waals surface area contributed by atoms with Gasteiger partial charge in [0.05, 0.1) is 17.8 Å². The Morgan fingerprint density at radius 1 is 1.42 bits per heavy atom. The summed E-state index contributed by atoms with van der Waals surface area (Å²) in [6.45, 7) is 6.63. The first-order valence-electron chi connectivity index (χ1n) is 6.97. The van der Waals surface area contributed by atoms with Gasteiger partial charge in [-0.1, -0.05) is 13.0 Å². The molecule has 2 atom stereocenters. The van der Waals surface area contributed by atoms with Crippen LogP contribution in [-0.2, 0) is 11.2 Å². The molecule has 1 aromatic carbocycles. The molecule has 1 aliphatic rings. The highest BCUT2D eigenvalue weighted by Gasteiger charge is 2.41. The third-order valence-corrected chi connectivity index (χ3v) is 4.30. The van der Waals surface area contributed by atoms with Crippen molar-refractivity contribution in [3.05, 3.63) is 35.1 Å². The van der Waals surface area contributed by atoms with Gasteiger partial charge in [0.2, 0.25) is 0 Å². The van der Waals surface area contributed by atoms with E-state index in [2.05, 4.69) is 6.92 Å². The summed E-state index contributed by atoms with van der Waals surface area (Å²) in [5.41, 5.74) is 0.859. The van der Waals surface area contributed by atoms with Crippen LogP contribution in [0.1, 0.15) is 44.2 Å². The first kappa shape index (κ1) is 14.5. The Morgan fingerprint density at radius 2 is 2.16 bits per heavy atom. The molecule has 0 bridgehead atoms. The second-order valence-electron chi connectivity index (χ2n) is 6.05. The Hall–Kier alpha value is -0.930. The molecule has 1 heterocycles. The Bertz CT molecular complexity index is 460. The van der Waals surface area contributed by atoms with Gasteiger partial charge in [-0.05, 0) is 49.9 Å². The maximum Gasteiger partial charge on any atom is 0.123 e. The lowest BCUT2D eigenvalue weighted by atomic mass is 9.78. The first-order valence-corrected chi connectivity index (χ1v) is 6.97. The van der Waals surface area contributed by atoms with Crippen molar-refractivity contribution in [2.24, 2.45) is 0 Å². The minimum atomic E-state index is -0.790. The smallest absolute Gasteiger partial charge is 0.123 e. The quantitative estimate of drug-likeness (QED) is 0.908. The SMILES string of the molecule is CCC1(C)CC(O)(Cc2cc(F)ccc2C)CCO1. The van der Waals surface area contributed by atoms with Crippen LogP contribution in [0.4, 0.5) is 4.39 Å². The highest BCUT2D eigenvalue weighted by molar-refractivity contribution is 5.28. The maximum atomic E-state index is 13.3. The largest absolute Gasteiger partial charge is 0.389 e. The molecule has 2 rings (SSSR count). The van der Waals surface area contributed by atoms with Crippen molar-refractivity contribution < 1.29 is 14.2 Å². The summed E-state index contributed by atoms with van der Waals surface area (Å²) >= 11 is 0. The van der Waals surface area contributed by atoms with Gasteiger partial charge in [-0.3, -0.25) is 0 Å². The van der Waals surface area contributed by atoms with Gasteiger partial charge in [-0.25, -0.2) is 4.39 Å². The molecule has 1 saturated heterocycles. The van der Waals surface area contributed by atoms with Crippen molar-refractivity contribution in [2.45, 2.75) is 57.7 Å². The fourth-order valence-corrected chi connectivity index (χ4v) is 2.89. The molecule has 0 radical (unpaired) electrons. The van der Waals surface area contributed by atoms with Crippen molar-refractivity contribution in [3.63, 3.8) is 0 Å². The summed E-state index contributed by atoms with van der Waals surface area (Å²) in [6.07, 6.45) is 2.58. The molecule has 1 aliphatic heterocycles. The van der Waals surface area contributed by atoms with E-state index in [1.807, 2.05) is 13.8 Å². The van der Waals surface area contributed by atoms with Crippen LogP contribution in [0.25, 0.3) is 0 Å². The van der Waals surface area contributed by atoms with Crippen LogP contribution in [0.5, 0.6) is 0 Å². The van der Waals surface area contributed by atoms with Gasteiger partial charge in [0.1, 0.15) is 5.82 Å². The van der Waals surface area contributed by atoms with Gasteiger partial charge < -0.3 is 9.84 Å². The number of aliphatic hydroxyl groups is 1. The molecule has 3 heteroatoms. The molecule has 1 N–H and O–H groups in total. The van der Waals surface area contributed by atoms with E-state index in [4.69, 9.17) is 4.74 Å². The summed E-state index contributed by atoms with van der Waals surface area (Å²) in [5.74, 6) is -0.241. The normalized spacial score (nSPS) is 31.4. The van der Waals surface area contributed by atoms with Crippen LogP contribution in [0.2, 0.25) is 0 Å². The van der Waals surface area contributed by atoms with Crippen molar-refractivity contribution in [1.82, 2.24) is 0 Å². The molecule has 1 aromatic rings. The summed E-state index contributed by atoms with van der Waals surface area (Å²) < 4.78 is 19.1. The lowest BCUT2D eigenvalue weighted by Crippen LogP contribution is -2.48. The molecule has 106 valence electrons. The van der Waals surface area contributed by atoms with Crippen LogP contribution in [-0.4, -0.2) is 22.9 Å². The van der Waals surface area contributed by atoms with Crippen LogP contribution in [0.3, 0.4) is 0 Å². The van der Waals surface area contributed by atoms with Crippen LogP contribution in [0.15, 0.2) is 18.2 Å². The number of benzene rings is 1. The molecule has 1 fully saturated rings. The Balaban J connectivity index is 2.19. The molecule has 0 aromatic heterocycles. The predicted octanol–water partition coefficient (Wildman–Crippen LogP) is 3.39. The molecule has 0 spiro atoms. The molecular weight excluding hydrogens is 243 g/mol. The van der Waals surface area contributed by atoms with E-state index < -0.39 is 5.60 Å². The Morgan fingerprint density at radius 3 is 2.84 bits per heavy atom. The van der Waals surface area contributed by atoms with Crippen molar-refractivity contribution in [1.29, 1.82) is 0 Å². The van der Waals surface area contributed by atoms with Gasteiger partial charge in [0.15, 0.2) is 0 Å². The van der Waals surface area contributed by atoms with E-state index in [1.54, 1.807) is 6.07 Å². The predicted molar refractivity (Wildman–Crippen MR) is 73.7 cm³/mol. The van der Waals surface area contributed by atoms with Crippen LogP contribution in [0, 0.1) is 12.7 Å². The average Bonchev–Trinajstić information content (AvgIpc) is 2.33. The monoisotopic (exact) mass is 266 g/mol. The van der Waals surface area contributed by atoms with Crippen LogP contribution < -0.4 is 0 Å². The number of halogens is 1. The maximum absolute atomic E-state index is 13.3. The molecule has 0 amide bonds. The number of rotatable bonds is 3. The third-order valence-electron chi connectivity index (χ3n) is 4.30. The second-order valence-corrected chi connectivity index (χ2v) is 6.05. The lowest BCUT2D eigenvalue weighted by molar-refractivity contribution is -0.152. The van der Waals surface area contributed by atoms with Gasteiger partial charge in [0.25, 0.3) is 0 Å². The van der Waals surface area contributed by atoms with Crippen molar-refractivity contribution in [2.75, 3.05) is 6.61 Å². The van der Waals surface area contributed by atoms with E-state index in [-0.39, 0.29) is 11.4 Å². The van der Waals surface area contributed by atoms with Gasteiger partial charge >= 0.3 is 0 Å². The molecule has 2 unspecified atom stereocenters. The molecule has 2 nitrogen and oxygen atoms in total. The van der Waals surface area contributed by atoms with E-state index in [0.29, 0.717) is 25.9 Å². The minimum absolute atomic E-state index is 0.241. The summed E-state index contributed by atoms with van der Waals surface area (Å²) in [4.78, 5) is 0. The molecule has 0 aliphatic carbocycles. The fourth-order valence-electron chi connectivity index (χ4n) is 2.89. The summed E-state index contributed by atoms with van der Waals surface area (Å²) in [5, 5.41) is 10.8. The number of hydrogen-bond donors (Lipinski definition) is 1. The van der Waals surface area contributed by atoms with Crippen LogP contribution >= 0.6 is 0 Å². The highest BCUT2D eigenvalue weighted by Crippen LogP contribution is 2.37. The van der Waals surface area contributed by atoms with Gasteiger partial charge in [-0.2, -0.15) is 0 Å². The number of hydrogen-bond acceptors (Lipinski definition) is 2. The molecule has 0 saturated carbocycles. The standard InChI is InChI=1S/C16H23FO2/c1-4-15(3)11-16(18,7-8-19-15)10-13-9-14(17)6-5-12(13)2/h5-6,9,18H,4,7-8,10-11H2,1-3H3. The Kier molecular flexibility index (Phi) is 3.98. The van der Waals surface area contributed by atoms with E-state index in [1.165, 1.54) is 12.1 Å². The first-order chi connectivity index (χ1) is 8.86. The van der Waals surface area contributed by atoms with Crippen molar-refractivity contribution in [3.8, 4) is 0 Å². The zero-order valence-electron chi connectivity index (χ0n) is 12.0. The lowest BCUT2D eigenvalue weighted by Gasteiger charge is -2.43. The highest BCUT2D eigenvalue weighted by atomic mass is 19.1. The number of aryl methyl sites for hydroxylation is 1. The number of ether oxygens (including phenoxy) is 1. The molecular formula is C16H23FO2. The summed E-state index contributed by atoms with van der Waals surface area (Å²) in [7, 11) is 0. The Labute approximate surface area is 114 Å². The third kappa shape index (κ3) is 3.34. The minimum Gasteiger partial charge on any atom is -0.389 e. The van der Waals surface area contributed by atoms with Gasteiger partial charge in [0, 0.05) is 12.8 Å². The van der Waals surface area contributed by atoms with Gasteiger partial charge in [-0.15, -0.1) is 0 Å².